The standard InChI is InChI=1S/C11H11ClFN5/c1-6-10(15-5-16-11(6)18-14)17-9-4-7(12)2-3-8(9)13/h2-5H,14H2,1H3,(H2,15,16,17,18). The van der Waals surface area contributed by atoms with Crippen molar-refractivity contribution in [3.8, 4) is 0 Å². The number of benzene rings is 1. The topological polar surface area (TPSA) is 75.9 Å². The fourth-order valence-corrected chi connectivity index (χ4v) is 1.61. The summed E-state index contributed by atoms with van der Waals surface area (Å²) in [6.45, 7) is 1.76. The molecule has 0 fully saturated rings. The molecule has 0 aliphatic carbocycles. The fraction of sp³-hybridized carbons (Fsp3) is 0.0909. The summed E-state index contributed by atoms with van der Waals surface area (Å²) in [4.78, 5) is 7.96. The minimum atomic E-state index is -0.417. The van der Waals surface area contributed by atoms with E-state index in [1.54, 1.807) is 6.92 Å². The predicted molar refractivity (Wildman–Crippen MR) is 69.3 cm³/mol. The molecule has 0 radical (unpaired) electrons. The van der Waals surface area contributed by atoms with Gasteiger partial charge in [-0.2, -0.15) is 0 Å². The van der Waals surface area contributed by atoms with Crippen LogP contribution in [0.5, 0.6) is 0 Å². The lowest BCUT2D eigenvalue weighted by Gasteiger charge is -2.11. The molecule has 0 spiro atoms. The van der Waals surface area contributed by atoms with Crippen LogP contribution in [0.4, 0.5) is 21.7 Å². The average Bonchev–Trinajstić information content (AvgIpc) is 2.36. The lowest BCUT2D eigenvalue weighted by atomic mass is 10.2. The van der Waals surface area contributed by atoms with Crippen molar-refractivity contribution in [2.24, 2.45) is 5.84 Å². The molecule has 5 nitrogen and oxygen atoms in total. The smallest absolute Gasteiger partial charge is 0.148 e. The number of aromatic nitrogens is 2. The summed E-state index contributed by atoms with van der Waals surface area (Å²) in [6, 6.07) is 4.24. The maximum absolute atomic E-state index is 13.6. The second-order valence-electron chi connectivity index (χ2n) is 3.59. The zero-order chi connectivity index (χ0) is 13.1. The molecule has 0 atom stereocenters. The molecule has 0 unspecified atom stereocenters. The van der Waals surface area contributed by atoms with Gasteiger partial charge < -0.3 is 10.7 Å². The first-order valence-electron chi connectivity index (χ1n) is 5.12. The first-order chi connectivity index (χ1) is 8.61. The molecule has 0 saturated carbocycles. The highest BCUT2D eigenvalue weighted by Gasteiger charge is 2.09. The normalized spacial score (nSPS) is 10.2. The molecular weight excluding hydrogens is 257 g/mol. The van der Waals surface area contributed by atoms with Gasteiger partial charge in [-0.15, -0.1) is 0 Å². The monoisotopic (exact) mass is 267 g/mol. The number of nitrogens with two attached hydrogens (primary N) is 1. The third kappa shape index (κ3) is 2.49. The summed E-state index contributed by atoms with van der Waals surface area (Å²) in [7, 11) is 0. The highest BCUT2D eigenvalue weighted by atomic mass is 35.5. The number of halogens is 2. The molecule has 1 aromatic heterocycles. The number of hydrogen-bond acceptors (Lipinski definition) is 5. The molecular formula is C11H11ClFN5. The Hall–Kier alpha value is -1.92. The van der Waals surface area contributed by atoms with Crippen molar-refractivity contribution in [1.29, 1.82) is 0 Å². The zero-order valence-electron chi connectivity index (χ0n) is 9.54. The number of anilines is 3. The van der Waals surface area contributed by atoms with Gasteiger partial charge in [-0.1, -0.05) is 11.6 Å². The van der Waals surface area contributed by atoms with Crippen molar-refractivity contribution in [3.63, 3.8) is 0 Å². The molecule has 7 heteroatoms. The van der Waals surface area contributed by atoms with Crippen LogP contribution >= 0.6 is 11.6 Å². The highest BCUT2D eigenvalue weighted by molar-refractivity contribution is 6.30. The van der Waals surface area contributed by atoms with Gasteiger partial charge in [-0.05, 0) is 25.1 Å². The van der Waals surface area contributed by atoms with Crippen molar-refractivity contribution in [3.05, 3.63) is 40.9 Å². The molecule has 2 rings (SSSR count). The van der Waals surface area contributed by atoms with Gasteiger partial charge >= 0.3 is 0 Å². The maximum atomic E-state index is 13.6. The predicted octanol–water partition coefficient (Wildman–Crippen LogP) is 2.61. The number of hydrazine groups is 1. The number of nitrogen functional groups attached to an aromatic ring is 1. The van der Waals surface area contributed by atoms with Crippen LogP contribution < -0.4 is 16.6 Å². The van der Waals surface area contributed by atoms with E-state index in [4.69, 9.17) is 17.4 Å². The summed E-state index contributed by atoms with van der Waals surface area (Å²) in [5.74, 6) is 5.81. The molecule has 0 aliphatic rings. The Bertz CT molecular complexity index is 575. The lowest BCUT2D eigenvalue weighted by molar-refractivity contribution is 0.632. The van der Waals surface area contributed by atoms with E-state index in [1.165, 1.54) is 24.5 Å². The van der Waals surface area contributed by atoms with Gasteiger partial charge in [0.25, 0.3) is 0 Å². The van der Waals surface area contributed by atoms with Crippen LogP contribution in [0.3, 0.4) is 0 Å². The Balaban J connectivity index is 2.37. The third-order valence-electron chi connectivity index (χ3n) is 2.40. The van der Waals surface area contributed by atoms with E-state index in [9.17, 15) is 4.39 Å². The van der Waals surface area contributed by atoms with Gasteiger partial charge in [0.15, 0.2) is 0 Å². The quantitative estimate of drug-likeness (QED) is 0.589. The molecule has 1 heterocycles. The zero-order valence-corrected chi connectivity index (χ0v) is 10.3. The van der Waals surface area contributed by atoms with E-state index in [-0.39, 0.29) is 5.69 Å². The molecule has 1 aromatic carbocycles. The fourth-order valence-electron chi connectivity index (χ4n) is 1.44. The minimum Gasteiger partial charge on any atom is -0.337 e. The molecule has 0 saturated heterocycles. The number of nitrogens with one attached hydrogen (secondary N) is 2. The van der Waals surface area contributed by atoms with Gasteiger partial charge in [0.1, 0.15) is 23.8 Å². The summed E-state index contributed by atoms with van der Waals surface area (Å²) < 4.78 is 13.6. The van der Waals surface area contributed by atoms with Crippen LogP contribution in [0, 0.1) is 12.7 Å². The molecule has 0 aliphatic heterocycles. The molecule has 0 amide bonds. The van der Waals surface area contributed by atoms with Gasteiger partial charge in [0, 0.05) is 10.6 Å². The molecule has 18 heavy (non-hydrogen) atoms. The molecule has 94 valence electrons. The highest BCUT2D eigenvalue weighted by Crippen LogP contribution is 2.25. The molecule has 2 aromatic rings. The summed E-state index contributed by atoms with van der Waals surface area (Å²) in [6.07, 6.45) is 1.33. The van der Waals surface area contributed by atoms with Crippen LogP contribution in [0.1, 0.15) is 5.56 Å². The van der Waals surface area contributed by atoms with E-state index >= 15 is 0 Å². The van der Waals surface area contributed by atoms with E-state index in [0.29, 0.717) is 22.2 Å². The van der Waals surface area contributed by atoms with Crippen molar-refractivity contribution in [1.82, 2.24) is 9.97 Å². The van der Waals surface area contributed by atoms with Crippen molar-refractivity contribution >= 4 is 28.9 Å². The van der Waals surface area contributed by atoms with Crippen LogP contribution in [0.25, 0.3) is 0 Å². The first kappa shape index (κ1) is 12.5. The van der Waals surface area contributed by atoms with E-state index in [1.807, 2.05) is 0 Å². The van der Waals surface area contributed by atoms with Gasteiger partial charge in [0.2, 0.25) is 0 Å². The second-order valence-corrected chi connectivity index (χ2v) is 4.03. The van der Waals surface area contributed by atoms with Crippen LogP contribution in [0.15, 0.2) is 24.5 Å². The van der Waals surface area contributed by atoms with Gasteiger partial charge in [-0.3, -0.25) is 0 Å². The maximum Gasteiger partial charge on any atom is 0.148 e. The SMILES string of the molecule is Cc1c(NN)ncnc1Nc1cc(Cl)ccc1F. The van der Waals surface area contributed by atoms with Crippen molar-refractivity contribution in [2.45, 2.75) is 6.92 Å². The lowest BCUT2D eigenvalue weighted by Crippen LogP contribution is -2.11. The van der Waals surface area contributed by atoms with Gasteiger partial charge in [0.05, 0.1) is 5.69 Å². The van der Waals surface area contributed by atoms with Crippen LogP contribution in [0.2, 0.25) is 5.02 Å². The summed E-state index contributed by atoms with van der Waals surface area (Å²) >= 11 is 5.81. The van der Waals surface area contributed by atoms with Crippen molar-refractivity contribution in [2.75, 3.05) is 10.7 Å². The van der Waals surface area contributed by atoms with Crippen molar-refractivity contribution < 1.29 is 4.39 Å². The summed E-state index contributed by atoms with van der Waals surface area (Å²) in [5.41, 5.74) is 3.36. The number of nitrogens with zero attached hydrogens (tertiary/aromatic N) is 2. The van der Waals surface area contributed by atoms with E-state index in [0.717, 1.165) is 0 Å². The Kier molecular flexibility index (Phi) is 3.59. The number of rotatable bonds is 3. The van der Waals surface area contributed by atoms with Crippen LogP contribution in [-0.2, 0) is 0 Å². The Labute approximate surface area is 108 Å². The Morgan fingerprint density at radius 2 is 2.00 bits per heavy atom. The first-order valence-corrected chi connectivity index (χ1v) is 5.50. The minimum absolute atomic E-state index is 0.243. The van der Waals surface area contributed by atoms with Crippen LogP contribution in [-0.4, -0.2) is 9.97 Å². The average molecular weight is 268 g/mol. The second kappa shape index (κ2) is 5.16. The Morgan fingerprint density at radius 1 is 1.28 bits per heavy atom. The largest absolute Gasteiger partial charge is 0.337 e. The third-order valence-corrected chi connectivity index (χ3v) is 2.64. The molecule has 0 bridgehead atoms. The Morgan fingerprint density at radius 3 is 2.72 bits per heavy atom. The van der Waals surface area contributed by atoms with E-state index < -0.39 is 5.82 Å². The van der Waals surface area contributed by atoms with E-state index in [2.05, 4.69) is 20.7 Å². The van der Waals surface area contributed by atoms with Gasteiger partial charge in [-0.25, -0.2) is 20.2 Å². The summed E-state index contributed by atoms with van der Waals surface area (Å²) in [5, 5.41) is 3.28. The number of hydrogen-bond donors (Lipinski definition) is 3. The molecule has 4 N–H and O–H groups in total.